The highest BCUT2D eigenvalue weighted by atomic mass is 79.9. The van der Waals surface area contributed by atoms with Gasteiger partial charge in [0.05, 0.1) is 4.88 Å². The minimum atomic E-state index is -1.05. The molecule has 0 spiro atoms. The van der Waals surface area contributed by atoms with Crippen molar-refractivity contribution in [2.24, 2.45) is 0 Å². The van der Waals surface area contributed by atoms with Crippen LogP contribution in [-0.2, 0) is 0 Å². The number of carboxylic acids is 1. The molecule has 0 saturated heterocycles. The Morgan fingerprint density at radius 3 is 2.75 bits per heavy atom. The summed E-state index contributed by atoms with van der Waals surface area (Å²) in [7, 11) is 0. The van der Waals surface area contributed by atoms with Crippen molar-refractivity contribution in [1.82, 2.24) is 4.98 Å². The van der Waals surface area contributed by atoms with Gasteiger partial charge in [-0.3, -0.25) is 0 Å². The highest BCUT2D eigenvalue weighted by Gasteiger charge is 2.19. The molecule has 2 aromatic heterocycles. The zero-order valence-corrected chi connectivity index (χ0v) is 11.4. The van der Waals surface area contributed by atoms with Gasteiger partial charge in [0.15, 0.2) is 10.8 Å². The van der Waals surface area contributed by atoms with E-state index in [0.717, 1.165) is 14.2 Å². The molecular formula is C9H7BrN2O2S2. The first kappa shape index (κ1) is 11.6. The molecule has 0 radical (unpaired) electrons. The lowest BCUT2D eigenvalue weighted by molar-refractivity contribution is 0.0692. The predicted molar refractivity (Wildman–Crippen MR) is 69.2 cm³/mol. The Hall–Kier alpha value is -0.920. The van der Waals surface area contributed by atoms with Crippen molar-refractivity contribution < 1.29 is 9.90 Å². The van der Waals surface area contributed by atoms with Gasteiger partial charge in [0, 0.05) is 14.2 Å². The molecule has 0 amide bonds. The number of carboxylic acid groups (broad SMARTS) is 1. The molecule has 0 aliphatic carbocycles. The van der Waals surface area contributed by atoms with Crippen LogP contribution in [0.4, 0.5) is 5.13 Å². The van der Waals surface area contributed by atoms with Gasteiger partial charge < -0.3 is 10.8 Å². The maximum Gasteiger partial charge on any atom is 0.356 e. The van der Waals surface area contributed by atoms with Crippen LogP contribution in [0.3, 0.4) is 0 Å². The zero-order chi connectivity index (χ0) is 11.9. The van der Waals surface area contributed by atoms with E-state index in [2.05, 4.69) is 20.9 Å². The number of aromatic nitrogens is 1. The van der Waals surface area contributed by atoms with Crippen LogP contribution in [0.5, 0.6) is 0 Å². The number of carbonyl (C=O) groups is 1. The van der Waals surface area contributed by atoms with E-state index in [4.69, 9.17) is 10.8 Å². The largest absolute Gasteiger partial charge is 0.476 e. The summed E-state index contributed by atoms with van der Waals surface area (Å²) in [5.74, 6) is -1.05. The monoisotopic (exact) mass is 318 g/mol. The van der Waals surface area contributed by atoms with Crippen molar-refractivity contribution in [1.29, 1.82) is 0 Å². The van der Waals surface area contributed by atoms with Gasteiger partial charge in [-0.1, -0.05) is 11.3 Å². The van der Waals surface area contributed by atoms with Crippen LogP contribution in [0.1, 0.15) is 15.4 Å². The summed E-state index contributed by atoms with van der Waals surface area (Å²) in [4.78, 5) is 17.4. The van der Waals surface area contributed by atoms with Crippen LogP contribution in [0.2, 0.25) is 0 Å². The predicted octanol–water partition coefficient (Wildman–Crippen LogP) is 3.22. The number of nitrogen functional groups attached to an aromatic ring is 1. The van der Waals surface area contributed by atoms with Crippen LogP contribution in [-0.4, -0.2) is 16.1 Å². The molecule has 0 atom stereocenters. The van der Waals surface area contributed by atoms with Crippen molar-refractivity contribution in [3.8, 4) is 9.75 Å². The first-order valence-corrected chi connectivity index (χ1v) is 6.67. The first-order chi connectivity index (χ1) is 7.49. The third kappa shape index (κ3) is 1.98. The van der Waals surface area contributed by atoms with Crippen LogP contribution in [0.25, 0.3) is 9.75 Å². The van der Waals surface area contributed by atoms with Gasteiger partial charge in [-0.2, -0.15) is 0 Å². The van der Waals surface area contributed by atoms with E-state index in [9.17, 15) is 4.79 Å². The molecule has 2 rings (SSSR count). The first-order valence-electron chi connectivity index (χ1n) is 4.25. The van der Waals surface area contributed by atoms with Crippen molar-refractivity contribution in [2.45, 2.75) is 6.92 Å². The molecule has 84 valence electrons. The fraction of sp³-hybridized carbons (Fsp3) is 0.111. The highest BCUT2D eigenvalue weighted by molar-refractivity contribution is 9.10. The molecule has 0 aliphatic rings. The number of hydrogen-bond acceptors (Lipinski definition) is 5. The third-order valence-electron chi connectivity index (χ3n) is 1.93. The summed E-state index contributed by atoms with van der Waals surface area (Å²) >= 11 is 6.11. The van der Waals surface area contributed by atoms with Crippen LogP contribution in [0, 0.1) is 6.92 Å². The van der Waals surface area contributed by atoms with Gasteiger partial charge in [-0.05, 0) is 28.9 Å². The maximum absolute atomic E-state index is 11.0. The zero-order valence-electron chi connectivity index (χ0n) is 8.15. The van der Waals surface area contributed by atoms with Crippen molar-refractivity contribution in [3.63, 3.8) is 0 Å². The third-order valence-corrected chi connectivity index (χ3v) is 5.13. The molecule has 0 aromatic carbocycles. The van der Waals surface area contributed by atoms with Crippen molar-refractivity contribution >= 4 is 49.7 Å². The molecule has 0 saturated carbocycles. The molecular weight excluding hydrogens is 312 g/mol. The molecule has 0 fully saturated rings. The summed E-state index contributed by atoms with van der Waals surface area (Å²) in [5.41, 5.74) is 5.56. The lowest BCUT2D eigenvalue weighted by Crippen LogP contribution is -1.98. The number of hydrogen-bond donors (Lipinski definition) is 2. The molecule has 7 heteroatoms. The normalized spacial score (nSPS) is 10.6. The van der Waals surface area contributed by atoms with Crippen molar-refractivity contribution in [2.75, 3.05) is 5.73 Å². The number of nitrogens with two attached hydrogens (primary N) is 1. The van der Waals surface area contributed by atoms with Crippen molar-refractivity contribution in [3.05, 3.63) is 21.1 Å². The molecule has 2 heterocycles. The average Bonchev–Trinajstić information content (AvgIpc) is 2.71. The molecule has 0 bridgehead atoms. The minimum absolute atomic E-state index is 0.0243. The fourth-order valence-electron chi connectivity index (χ4n) is 1.22. The van der Waals surface area contributed by atoms with Crippen LogP contribution < -0.4 is 5.73 Å². The summed E-state index contributed by atoms with van der Waals surface area (Å²) in [5, 5.41) is 9.27. The van der Waals surface area contributed by atoms with Crippen LogP contribution >= 0.6 is 38.6 Å². The van der Waals surface area contributed by atoms with Gasteiger partial charge in [0.2, 0.25) is 0 Å². The fourth-order valence-corrected chi connectivity index (χ4v) is 3.68. The van der Waals surface area contributed by atoms with Gasteiger partial charge in [0.25, 0.3) is 0 Å². The summed E-state index contributed by atoms with van der Waals surface area (Å²) in [6.07, 6.45) is 0. The second-order valence-electron chi connectivity index (χ2n) is 3.05. The number of halogens is 1. The Kier molecular flexibility index (Phi) is 3.00. The Labute approximate surface area is 108 Å². The Morgan fingerprint density at radius 1 is 1.56 bits per heavy atom. The lowest BCUT2D eigenvalue weighted by atomic mass is 10.3. The highest BCUT2D eigenvalue weighted by Crippen LogP contribution is 2.39. The van der Waals surface area contributed by atoms with Gasteiger partial charge in [-0.25, -0.2) is 9.78 Å². The van der Waals surface area contributed by atoms with E-state index in [-0.39, 0.29) is 10.8 Å². The lowest BCUT2D eigenvalue weighted by Gasteiger charge is -1.92. The number of thiazole rings is 1. The summed E-state index contributed by atoms with van der Waals surface area (Å²) < 4.78 is 0.968. The Morgan fingerprint density at radius 2 is 2.25 bits per heavy atom. The Bertz CT molecular complexity index is 542. The van der Waals surface area contributed by atoms with Gasteiger partial charge in [0.1, 0.15) is 0 Å². The molecule has 0 aliphatic heterocycles. The number of rotatable bonds is 2. The maximum atomic E-state index is 11.0. The van der Waals surface area contributed by atoms with E-state index >= 15 is 0 Å². The SMILES string of the molecule is Cc1sc(-c2sc(N)nc2C(=O)O)cc1Br. The molecule has 2 aromatic rings. The molecule has 16 heavy (non-hydrogen) atoms. The van der Waals surface area contributed by atoms with E-state index in [1.165, 1.54) is 22.7 Å². The van der Waals surface area contributed by atoms with E-state index < -0.39 is 5.97 Å². The number of aryl methyl sites for hydroxylation is 1. The molecule has 4 nitrogen and oxygen atoms in total. The standard InChI is InChI=1S/C9H7BrN2O2S2/c1-3-4(10)2-5(15-3)7-6(8(13)14)12-9(11)16-7/h2H,1H3,(H2,11,12)(H,13,14). The van der Waals surface area contributed by atoms with E-state index in [0.29, 0.717) is 4.88 Å². The smallest absolute Gasteiger partial charge is 0.356 e. The number of nitrogens with zero attached hydrogens (tertiary/aromatic N) is 1. The second-order valence-corrected chi connectivity index (χ2v) is 6.19. The molecule has 0 unspecified atom stereocenters. The van der Waals surface area contributed by atoms with E-state index in [1.54, 1.807) is 0 Å². The molecule has 3 N–H and O–H groups in total. The summed E-state index contributed by atoms with van der Waals surface area (Å²) in [6, 6.07) is 1.89. The number of thiophene rings is 1. The number of anilines is 1. The Balaban J connectivity index is 2.59. The minimum Gasteiger partial charge on any atom is -0.476 e. The number of aromatic carboxylic acids is 1. The summed E-state index contributed by atoms with van der Waals surface area (Å²) in [6.45, 7) is 1.96. The van der Waals surface area contributed by atoms with Crippen LogP contribution in [0.15, 0.2) is 10.5 Å². The van der Waals surface area contributed by atoms with E-state index in [1.807, 2.05) is 13.0 Å². The second kappa shape index (κ2) is 4.15. The average molecular weight is 319 g/mol. The van der Waals surface area contributed by atoms with Gasteiger partial charge >= 0.3 is 5.97 Å². The topological polar surface area (TPSA) is 76.2 Å². The quantitative estimate of drug-likeness (QED) is 0.891. The van der Waals surface area contributed by atoms with Gasteiger partial charge in [-0.15, -0.1) is 11.3 Å².